The SMILES string of the molecule is COCCOc1cccc(CNC(=O)c2cccc(NCc3nnc(-c4ccncn4)n3C)c2)c1. The number of nitrogens with one attached hydrogen (secondary N) is 2. The molecule has 4 aromatic rings. The van der Waals surface area contributed by atoms with Gasteiger partial charge in [-0.25, -0.2) is 9.97 Å². The number of methoxy groups -OCH3 is 1. The van der Waals surface area contributed by atoms with Crippen LogP contribution in [0.25, 0.3) is 11.5 Å². The zero-order valence-corrected chi connectivity index (χ0v) is 19.6. The van der Waals surface area contributed by atoms with Gasteiger partial charge < -0.3 is 24.7 Å². The number of carbonyl (C=O) groups is 1. The first-order valence-corrected chi connectivity index (χ1v) is 11.1. The monoisotopic (exact) mass is 473 g/mol. The first kappa shape index (κ1) is 23.8. The first-order chi connectivity index (χ1) is 17.1. The van der Waals surface area contributed by atoms with E-state index < -0.39 is 0 Å². The van der Waals surface area contributed by atoms with Crippen LogP contribution in [0.5, 0.6) is 5.75 Å². The van der Waals surface area contributed by atoms with Gasteiger partial charge in [-0.05, 0) is 42.0 Å². The van der Waals surface area contributed by atoms with Crippen molar-refractivity contribution in [1.29, 1.82) is 0 Å². The number of ether oxygens (including phenoxy) is 2. The molecule has 0 aliphatic heterocycles. The van der Waals surface area contributed by atoms with E-state index in [-0.39, 0.29) is 5.91 Å². The Morgan fingerprint density at radius 2 is 1.91 bits per heavy atom. The molecule has 2 N–H and O–H groups in total. The lowest BCUT2D eigenvalue weighted by atomic mass is 10.1. The first-order valence-electron chi connectivity index (χ1n) is 11.1. The molecule has 10 heteroatoms. The Bertz CT molecular complexity index is 1260. The van der Waals surface area contributed by atoms with Gasteiger partial charge in [-0.15, -0.1) is 10.2 Å². The molecule has 2 aromatic carbocycles. The van der Waals surface area contributed by atoms with Gasteiger partial charge >= 0.3 is 0 Å². The predicted octanol–water partition coefficient (Wildman–Crippen LogP) is 2.84. The number of benzene rings is 2. The van der Waals surface area contributed by atoms with Crippen molar-refractivity contribution in [2.75, 3.05) is 25.6 Å². The summed E-state index contributed by atoms with van der Waals surface area (Å²) in [7, 11) is 3.52. The minimum atomic E-state index is -0.163. The second kappa shape index (κ2) is 11.7. The topological polar surface area (TPSA) is 116 Å². The third-order valence-electron chi connectivity index (χ3n) is 5.26. The van der Waals surface area contributed by atoms with E-state index >= 15 is 0 Å². The van der Waals surface area contributed by atoms with Gasteiger partial charge in [-0.1, -0.05) is 18.2 Å². The van der Waals surface area contributed by atoms with Crippen molar-refractivity contribution in [3.8, 4) is 17.3 Å². The van der Waals surface area contributed by atoms with E-state index in [2.05, 4.69) is 30.8 Å². The number of hydrogen-bond acceptors (Lipinski definition) is 8. The van der Waals surface area contributed by atoms with Crippen molar-refractivity contribution in [3.05, 3.63) is 84.1 Å². The summed E-state index contributed by atoms with van der Waals surface area (Å²) in [4.78, 5) is 20.9. The van der Waals surface area contributed by atoms with Crippen LogP contribution in [0.15, 0.2) is 67.1 Å². The van der Waals surface area contributed by atoms with Gasteiger partial charge in [-0.2, -0.15) is 0 Å². The van der Waals surface area contributed by atoms with Crippen molar-refractivity contribution in [3.63, 3.8) is 0 Å². The van der Waals surface area contributed by atoms with Crippen molar-refractivity contribution in [1.82, 2.24) is 30.0 Å². The highest BCUT2D eigenvalue weighted by Gasteiger charge is 2.12. The van der Waals surface area contributed by atoms with E-state index in [4.69, 9.17) is 9.47 Å². The molecule has 0 radical (unpaired) electrons. The molecule has 10 nitrogen and oxygen atoms in total. The van der Waals surface area contributed by atoms with Crippen LogP contribution >= 0.6 is 0 Å². The van der Waals surface area contributed by atoms with Crippen LogP contribution in [0.2, 0.25) is 0 Å². The standard InChI is InChI=1S/C25H27N7O3/c1-32-23(30-31-24(32)22-9-10-26-17-29-22)16-27-20-7-4-6-19(14-20)25(33)28-15-18-5-3-8-21(13-18)35-12-11-34-2/h3-10,13-14,17,27H,11-12,15-16H2,1-2H3,(H,28,33). The maximum atomic E-state index is 12.7. The molecule has 0 fully saturated rings. The molecule has 180 valence electrons. The number of carbonyl (C=O) groups excluding carboxylic acids is 1. The van der Waals surface area contributed by atoms with Gasteiger partial charge in [0.2, 0.25) is 0 Å². The highest BCUT2D eigenvalue weighted by atomic mass is 16.5. The van der Waals surface area contributed by atoms with Crippen molar-refractivity contribution in [2.24, 2.45) is 7.05 Å². The Morgan fingerprint density at radius 3 is 2.74 bits per heavy atom. The van der Waals surface area contributed by atoms with Gasteiger partial charge in [0.15, 0.2) is 11.6 Å². The van der Waals surface area contributed by atoms with E-state index in [0.29, 0.717) is 43.4 Å². The van der Waals surface area contributed by atoms with Crippen LogP contribution in [-0.4, -0.2) is 51.0 Å². The van der Waals surface area contributed by atoms with Crippen LogP contribution in [0.4, 0.5) is 5.69 Å². The fraction of sp³-hybridized carbons (Fsp3) is 0.240. The Morgan fingerprint density at radius 1 is 1.03 bits per heavy atom. The van der Waals surface area contributed by atoms with E-state index in [9.17, 15) is 4.79 Å². The highest BCUT2D eigenvalue weighted by Crippen LogP contribution is 2.16. The minimum absolute atomic E-state index is 0.163. The summed E-state index contributed by atoms with van der Waals surface area (Å²) in [5.41, 5.74) is 3.01. The van der Waals surface area contributed by atoms with E-state index in [1.54, 1.807) is 31.5 Å². The van der Waals surface area contributed by atoms with Gasteiger partial charge in [-0.3, -0.25) is 4.79 Å². The molecule has 0 saturated heterocycles. The summed E-state index contributed by atoms with van der Waals surface area (Å²) in [5.74, 6) is 1.97. The zero-order valence-electron chi connectivity index (χ0n) is 19.6. The molecule has 0 unspecified atom stereocenters. The Balaban J connectivity index is 1.33. The molecule has 0 bridgehead atoms. The molecule has 35 heavy (non-hydrogen) atoms. The van der Waals surface area contributed by atoms with Crippen LogP contribution in [-0.2, 0) is 24.9 Å². The molecule has 0 aliphatic rings. The molecule has 0 saturated carbocycles. The Hall–Kier alpha value is -4.31. The van der Waals surface area contributed by atoms with Crippen molar-refractivity contribution >= 4 is 11.6 Å². The number of aromatic nitrogens is 5. The van der Waals surface area contributed by atoms with Gasteiger partial charge in [0.05, 0.1) is 13.2 Å². The number of amides is 1. The predicted molar refractivity (Wildman–Crippen MR) is 131 cm³/mol. The maximum Gasteiger partial charge on any atom is 0.251 e. The Kier molecular flexibility index (Phi) is 7.97. The summed E-state index contributed by atoms with van der Waals surface area (Å²) in [6.07, 6.45) is 3.14. The molecule has 0 atom stereocenters. The largest absolute Gasteiger partial charge is 0.491 e. The summed E-state index contributed by atoms with van der Waals surface area (Å²) in [6, 6.07) is 16.7. The molecule has 1 amide bonds. The molecular weight excluding hydrogens is 446 g/mol. The van der Waals surface area contributed by atoms with E-state index in [1.165, 1.54) is 6.33 Å². The summed E-state index contributed by atoms with van der Waals surface area (Å²) < 4.78 is 12.5. The molecule has 0 aliphatic carbocycles. The second-order valence-corrected chi connectivity index (χ2v) is 7.70. The number of rotatable bonds is 11. The van der Waals surface area contributed by atoms with Gasteiger partial charge in [0, 0.05) is 38.1 Å². The average Bonchev–Trinajstić information content (AvgIpc) is 3.27. The fourth-order valence-corrected chi connectivity index (χ4v) is 3.39. The smallest absolute Gasteiger partial charge is 0.251 e. The second-order valence-electron chi connectivity index (χ2n) is 7.70. The summed E-state index contributed by atoms with van der Waals surface area (Å²) in [6.45, 7) is 1.83. The molecule has 0 spiro atoms. The number of nitrogens with zero attached hydrogens (tertiary/aromatic N) is 5. The molecule has 2 aromatic heterocycles. The number of anilines is 1. The summed E-state index contributed by atoms with van der Waals surface area (Å²) in [5, 5.41) is 14.7. The third-order valence-corrected chi connectivity index (χ3v) is 5.26. The Labute approximate surface area is 203 Å². The maximum absolute atomic E-state index is 12.7. The fourth-order valence-electron chi connectivity index (χ4n) is 3.39. The van der Waals surface area contributed by atoms with Gasteiger partial charge in [0.1, 0.15) is 24.4 Å². The normalized spacial score (nSPS) is 10.7. The van der Waals surface area contributed by atoms with Crippen molar-refractivity contribution in [2.45, 2.75) is 13.1 Å². The van der Waals surface area contributed by atoms with Crippen LogP contribution in [0.3, 0.4) is 0 Å². The third kappa shape index (κ3) is 6.39. The van der Waals surface area contributed by atoms with E-state index in [1.807, 2.05) is 48.0 Å². The molecule has 4 rings (SSSR count). The lowest BCUT2D eigenvalue weighted by Crippen LogP contribution is -2.22. The van der Waals surface area contributed by atoms with Crippen LogP contribution in [0.1, 0.15) is 21.7 Å². The minimum Gasteiger partial charge on any atom is -0.491 e. The lowest BCUT2D eigenvalue weighted by molar-refractivity contribution is 0.0951. The lowest BCUT2D eigenvalue weighted by Gasteiger charge is -2.10. The zero-order chi connectivity index (χ0) is 24.5. The average molecular weight is 474 g/mol. The number of hydrogen-bond donors (Lipinski definition) is 2. The van der Waals surface area contributed by atoms with Crippen LogP contribution in [0, 0.1) is 0 Å². The quantitative estimate of drug-likeness (QED) is 0.320. The van der Waals surface area contributed by atoms with E-state index in [0.717, 1.165) is 22.8 Å². The summed E-state index contributed by atoms with van der Waals surface area (Å²) >= 11 is 0. The molecular formula is C25H27N7O3. The van der Waals surface area contributed by atoms with Gasteiger partial charge in [0.25, 0.3) is 5.91 Å². The van der Waals surface area contributed by atoms with Crippen molar-refractivity contribution < 1.29 is 14.3 Å². The van der Waals surface area contributed by atoms with Crippen LogP contribution < -0.4 is 15.4 Å². The highest BCUT2D eigenvalue weighted by molar-refractivity contribution is 5.95. The molecule has 2 heterocycles.